The standard InChI is InChI=1S/C16H36N.C13H18N2O9S2/c1-5-9-13-17(14-10-6-2,15-11-7-3)16-12-8-4;1-9(24-25(2,18)19)11(12(16)15-26(20,21)22)14-13(17)23-8-10-6-4-3-5-7-10/h5-16H2,1-4H3;3-7,9,11H,8H2,1-2H3,(H,14,17)(H,15,16)(H,20,21,22)/q+1;/p-1/t;9-,11+/m.1/s1. The molecule has 2 atom stereocenters. The van der Waals surface area contributed by atoms with Crippen LogP contribution in [0.4, 0.5) is 4.79 Å². The Kier molecular flexibility index (Phi) is 20.3. The van der Waals surface area contributed by atoms with E-state index in [1.165, 1.54) is 82.0 Å². The molecule has 0 aliphatic heterocycles. The number of amides is 2. The molecule has 0 saturated heterocycles. The molecular weight excluding hydrogens is 598 g/mol. The van der Waals surface area contributed by atoms with Gasteiger partial charge in [-0.2, -0.15) is 8.42 Å². The highest BCUT2D eigenvalue weighted by Gasteiger charge is 2.31. The van der Waals surface area contributed by atoms with Gasteiger partial charge in [0.1, 0.15) is 18.8 Å². The number of benzene rings is 1. The Bertz CT molecular complexity index is 1090. The number of carbonyl (C=O) groups excluding carboxylic acids is 2. The normalized spacial score (nSPS) is 13.3. The van der Waals surface area contributed by atoms with Crippen molar-refractivity contribution < 1.29 is 44.4 Å². The molecule has 1 rings (SSSR count). The third-order valence-electron chi connectivity index (χ3n) is 6.73. The Morgan fingerprint density at radius 2 is 1.28 bits per heavy atom. The first-order chi connectivity index (χ1) is 20.1. The summed E-state index contributed by atoms with van der Waals surface area (Å²) in [7, 11) is -9.22. The quantitative estimate of drug-likeness (QED) is 0.119. The zero-order chi connectivity index (χ0) is 32.9. The Labute approximate surface area is 259 Å². The highest BCUT2D eigenvalue weighted by atomic mass is 32.2. The van der Waals surface area contributed by atoms with Gasteiger partial charge in [0, 0.05) is 0 Å². The summed E-state index contributed by atoms with van der Waals surface area (Å²) in [5.74, 6) is -1.48. The molecule has 1 aromatic rings. The van der Waals surface area contributed by atoms with E-state index in [1.807, 2.05) is 5.32 Å². The van der Waals surface area contributed by atoms with Crippen molar-refractivity contribution in [1.29, 1.82) is 0 Å². The van der Waals surface area contributed by atoms with Crippen LogP contribution in [0.3, 0.4) is 0 Å². The molecule has 0 spiro atoms. The molecule has 0 saturated carbocycles. The van der Waals surface area contributed by atoms with Crippen LogP contribution in [0.2, 0.25) is 0 Å². The van der Waals surface area contributed by atoms with E-state index in [2.05, 4.69) is 31.9 Å². The summed E-state index contributed by atoms with van der Waals surface area (Å²) in [4.78, 5) is 23.7. The lowest BCUT2D eigenvalue weighted by Crippen LogP contribution is -2.54. The van der Waals surface area contributed by atoms with E-state index in [9.17, 15) is 31.0 Å². The van der Waals surface area contributed by atoms with Crippen LogP contribution < -0.4 is 10.0 Å². The van der Waals surface area contributed by atoms with Crippen LogP contribution in [0.25, 0.3) is 0 Å². The minimum absolute atomic E-state index is 0.165. The third kappa shape index (κ3) is 20.3. The van der Waals surface area contributed by atoms with Gasteiger partial charge >= 0.3 is 6.09 Å². The number of quaternary nitrogens is 1. The topological polar surface area (TPSA) is 168 Å². The molecule has 14 heteroatoms. The van der Waals surface area contributed by atoms with E-state index < -0.39 is 44.6 Å². The highest BCUT2D eigenvalue weighted by Crippen LogP contribution is 2.16. The smallest absolute Gasteiger partial charge is 0.408 e. The predicted octanol–water partition coefficient (Wildman–Crippen LogP) is 4.23. The first-order valence-electron chi connectivity index (χ1n) is 15.1. The second kappa shape index (κ2) is 21.4. The highest BCUT2D eigenvalue weighted by molar-refractivity contribution is 7.86. The number of hydrogen-bond acceptors (Lipinski definition) is 9. The van der Waals surface area contributed by atoms with Crippen molar-refractivity contribution in [2.45, 2.75) is 105 Å². The van der Waals surface area contributed by atoms with Crippen molar-refractivity contribution in [3.05, 3.63) is 35.9 Å². The summed E-state index contributed by atoms with van der Waals surface area (Å²) in [6.07, 6.45) is 9.08. The van der Waals surface area contributed by atoms with E-state index >= 15 is 0 Å². The number of rotatable bonds is 20. The van der Waals surface area contributed by atoms with Crippen molar-refractivity contribution in [2.75, 3.05) is 32.4 Å². The van der Waals surface area contributed by atoms with Crippen molar-refractivity contribution in [3.8, 4) is 0 Å². The second-order valence-corrected chi connectivity index (χ2v) is 13.5. The van der Waals surface area contributed by atoms with Crippen LogP contribution in [0.1, 0.15) is 91.5 Å². The maximum absolute atomic E-state index is 11.9. The number of nitrogens with one attached hydrogen (secondary N) is 2. The van der Waals surface area contributed by atoms with Gasteiger partial charge in [0.15, 0.2) is 10.3 Å². The molecule has 0 aromatic heterocycles. The third-order valence-corrected chi connectivity index (χ3v) is 7.84. The predicted molar refractivity (Wildman–Crippen MR) is 166 cm³/mol. The minimum Gasteiger partial charge on any atom is -0.731 e. The molecule has 12 nitrogen and oxygen atoms in total. The van der Waals surface area contributed by atoms with E-state index in [4.69, 9.17) is 4.74 Å². The Balaban J connectivity index is 0.000000901. The lowest BCUT2D eigenvalue weighted by Gasteiger charge is -2.39. The average molecular weight is 652 g/mol. The van der Waals surface area contributed by atoms with Gasteiger partial charge in [-0.05, 0) is 38.2 Å². The first-order valence-corrected chi connectivity index (χ1v) is 18.3. The molecule has 0 aliphatic carbocycles. The molecule has 1 aromatic carbocycles. The van der Waals surface area contributed by atoms with E-state index in [0.29, 0.717) is 11.8 Å². The number of hydrogen-bond donors (Lipinski definition) is 2. The van der Waals surface area contributed by atoms with Crippen LogP contribution >= 0.6 is 0 Å². The largest absolute Gasteiger partial charge is 0.731 e. The Hall–Kier alpha value is -2.26. The van der Waals surface area contributed by atoms with Crippen LogP contribution in [0.5, 0.6) is 0 Å². The van der Waals surface area contributed by atoms with Crippen LogP contribution in [-0.4, -0.2) is 82.5 Å². The van der Waals surface area contributed by atoms with Crippen molar-refractivity contribution >= 4 is 32.4 Å². The molecule has 0 unspecified atom stereocenters. The summed E-state index contributed by atoms with van der Waals surface area (Å²) in [6.45, 7) is 15.9. The van der Waals surface area contributed by atoms with Gasteiger partial charge in [0.2, 0.25) is 0 Å². The van der Waals surface area contributed by atoms with Gasteiger partial charge in [-0.1, -0.05) is 83.7 Å². The zero-order valence-corrected chi connectivity index (χ0v) is 28.3. The fraction of sp³-hybridized carbons (Fsp3) is 0.724. The van der Waals surface area contributed by atoms with E-state index in [0.717, 1.165) is 11.6 Å². The molecule has 0 fully saturated rings. The van der Waals surface area contributed by atoms with E-state index in [1.54, 1.807) is 30.3 Å². The van der Waals surface area contributed by atoms with E-state index in [-0.39, 0.29) is 6.61 Å². The van der Waals surface area contributed by atoms with Gasteiger partial charge < -0.3 is 19.1 Å². The van der Waals surface area contributed by atoms with Gasteiger partial charge in [-0.25, -0.2) is 13.2 Å². The number of alkyl carbamates (subject to hydrolysis) is 1. The average Bonchev–Trinajstić information content (AvgIpc) is 2.93. The number of nitrogens with zero attached hydrogens (tertiary/aromatic N) is 1. The minimum atomic E-state index is -5.18. The van der Waals surface area contributed by atoms with Gasteiger partial charge in [-0.3, -0.25) is 13.7 Å². The number of carbonyl (C=O) groups is 2. The molecule has 250 valence electrons. The summed E-state index contributed by atoms with van der Waals surface area (Å²) in [5.41, 5.74) is 0.631. The molecular formula is C29H53N3O9S2. The first kappa shape index (κ1) is 40.7. The molecule has 2 amide bonds. The molecule has 0 aliphatic rings. The lowest BCUT2D eigenvalue weighted by atomic mass is 10.1. The summed E-state index contributed by atoms with van der Waals surface area (Å²) in [6, 6.07) is 6.66. The molecule has 2 N–H and O–H groups in total. The van der Waals surface area contributed by atoms with Crippen LogP contribution in [0, 0.1) is 0 Å². The SMILES string of the molecule is CCCC[N+](CCCC)(CCCC)CCCC.C[C@@H](OS(C)(=O)=O)[C@H](NC(=O)OCc1ccccc1)C(=O)NS(=O)(=O)[O-]. The monoisotopic (exact) mass is 651 g/mol. The summed E-state index contributed by atoms with van der Waals surface area (Å²) in [5, 5.41) is 1.97. The van der Waals surface area contributed by atoms with Crippen LogP contribution in [-0.2, 0) is 40.7 Å². The molecule has 0 bridgehead atoms. The molecule has 0 heterocycles. The Morgan fingerprint density at radius 3 is 1.65 bits per heavy atom. The van der Waals surface area contributed by atoms with Crippen molar-refractivity contribution in [3.63, 3.8) is 0 Å². The number of unbranched alkanes of at least 4 members (excludes halogenated alkanes) is 4. The van der Waals surface area contributed by atoms with Gasteiger partial charge in [0.05, 0.1) is 32.4 Å². The zero-order valence-electron chi connectivity index (χ0n) is 26.7. The maximum atomic E-state index is 11.9. The summed E-state index contributed by atoms with van der Waals surface area (Å²) >= 11 is 0. The fourth-order valence-corrected chi connectivity index (χ4v) is 5.49. The maximum Gasteiger partial charge on any atom is 0.408 e. The molecule has 43 heavy (non-hydrogen) atoms. The fourth-order valence-electron chi connectivity index (χ4n) is 4.45. The van der Waals surface area contributed by atoms with Gasteiger partial charge in [-0.15, -0.1) is 0 Å². The summed E-state index contributed by atoms with van der Waals surface area (Å²) < 4.78 is 66.2. The number of ether oxygens (including phenoxy) is 1. The van der Waals surface area contributed by atoms with Gasteiger partial charge in [0.25, 0.3) is 16.0 Å². The second-order valence-electron chi connectivity index (χ2n) is 10.8. The van der Waals surface area contributed by atoms with Crippen molar-refractivity contribution in [1.82, 2.24) is 10.0 Å². The van der Waals surface area contributed by atoms with Crippen LogP contribution in [0.15, 0.2) is 30.3 Å². The Morgan fingerprint density at radius 1 is 0.837 bits per heavy atom. The molecule has 0 radical (unpaired) electrons. The lowest BCUT2D eigenvalue weighted by molar-refractivity contribution is -0.929. The van der Waals surface area contributed by atoms with Crippen molar-refractivity contribution in [2.24, 2.45) is 0 Å².